The molecule has 1 aliphatic heterocycles. The van der Waals surface area contributed by atoms with E-state index in [1.807, 2.05) is 6.07 Å². The summed E-state index contributed by atoms with van der Waals surface area (Å²) in [6, 6.07) is 2.66. The topological polar surface area (TPSA) is 41.3 Å². The molecule has 2 heterocycles. The van der Waals surface area contributed by atoms with Crippen LogP contribution < -0.4 is 5.32 Å². The monoisotopic (exact) mass is 249 g/mol. The van der Waals surface area contributed by atoms with Gasteiger partial charge in [-0.05, 0) is 18.8 Å². The number of hydrogen-bond acceptors (Lipinski definition) is 4. The molecule has 1 aromatic rings. The van der Waals surface area contributed by atoms with Crippen LogP contribution in [0.3, 0.4) is 0 Å². The van der Waals surface area contributed by atoms with Crippen molar-refractivity contribution >= 4 is 0 Å². The van der Waals surface area contributed by atoms with E-state index in [4.69, 9.17) is 4.52 Å². The summed E-state index contributed by atoms with van der Waals surface area (Å²) in [6.45, 7) is 4.33. The minimum absolute atomic E-state index is 0.686. The maximum atomic E-state index is 4.91. The Balaban J connectivity index is 1.54. The Hall–Kier alpha value is -0.870. The van der Waals surface area contributed by atoms with Crippen molar-refractivity contribution in [3.8, 4) is 0 Å². The van der Waals surface area contributed by atoms with Gasteiger partial charge >= 0.3 is 0 Å². The van der Waals surface area contributed by atoms with Crippen LogP contribution in [0.4, 0.5) is 0 Å². The quantitative estimate of drug-likeness (QED) is 0.890. The lowest BCUT2D eigenvalue weighted by atomic mass is 9.83. The van der Waals surface area contributed by atoms with Crippen molar-refractivity contribution in [2.24, 2.45) is 5.92 Å². The van der Waals surface area contributed by atoms with E-state index in [-0.39, 0.29) is 0 Å². The Kier molecular flexibility index (Phi) is 3.96. The number of nitrogens with zero attached hydrogens (tertiary/aromatic N) is 2. The fourth-order valence-electron chi connectivity index (χ4n) is 3.39. The summed E-state index contributed by atoms with van der Waals surface area (Å²) in [4.78, 5) is 2.51. The number of rotatable bonds is 3. The summed E-state index contributed by atoms with van der Waals surface area (Å²) in [5.74, 6) is 0.888. The Morgan fingerprint density at radius 2 is 2.22 bits per heavy atom. The standard InChI is InChI=1S/C14H23N3O/c1-2-4-12(5-3-1)14-11-17(8-7-15-14)10-13-6-9-18-16-13/h6,9,12,14-15H,1-5,7-8,10-11H2. The molecule has 1 atom stereocenters. The Labute approximate surface area is 109 Å². The molecular weight excluding hydrogens is 226 g/mol. The molecule has 1 saturated carbocycles. The highest BCUT2D eigenvalue weighted by molar-refractivity contribution is 4.96. The molecule has 1 aliphatic carbocycles. The number of hydrogen-bond donors (Lipinski definition) is 1. The van der Waals surface area contributed by atoms with Crippen molar-refractivity contribution in [2.45, 2.75) is 44.7 Å². The van der Waals surface area contributed by atoms with Gasteiger partial charge in [-0.25, -0.2) is 0 Å². The first-order valence-electron chi connectivity index (χ1n) is 7.27. The Bertz CT molecular complexity index is 346. The van der Waals surface area contributed by atoms with Crippen LogP contribution in [0.15, 0.2) is 16.9 Å². The third-order valence-electron chi connectivity index (χ3n) is 4.39. The molecule has 0 amide bonds. The van der Waals surface area contributed by atoms with E-state index >= 15 is 0 Å². The van der Waals surface area contributed by atoms with Crippen molar-refractivity contribution in [3.63, 3.8) is 0 Å². The summed E-state index contributed by atoms with van der Waals surface area (Å²) >= 11 is 0. The summed E-state index contributed by atoms with van der Waals surface area (Å²) < 4.78 is 4.91. The Morgan fingerprint density at radius 3 is 3.00 bits per heavy atom. The van der Waals surface area contributed by atoms with Crippen LogP contribution in [-0.4, -0.2) is 35.7 Å². The first kappa shape index (κ1) is 12.2. The zero-order chi connectivity index (χ0) is 12.2. The molecule has 3 rings (SSSR count). The lowest BCUT2D eigenvalue weighted by Crippen LogP contribution is -2.53. The Morgan fingerprint density at radius 1 is 1.33 bits per heavy atom. The van der Waals surface area contributed by atoms with E-state index in [0.717, 1.165) is 37.8 Å². The SMILES string of the molecule is c1cc(CN2CCNC(C3CCCCC3)C2)no1. The lowest BCUT2D eigenvalue weighted by molar-refractivity contribution is 0.138. The second-order valence-corrected chi connectivity index (χ2v) is 5.68. The third-order valence-corrected chi connectivity index (χ3v) is 4.39. The van der Waals surface area contributed by atoms with Gasteiger partial charge in [0, 0.05) is 38.3 Å². The van der Waals surface area contributed by atoms with E-state index < -0.39 is 0 Å². The third kappa shape index (κ3) is 2.93. The molecule has 0 bridgehead atoms. The predicted octanol–water partition coefficient (Wildman–Crippen LogP) is 2.03. The molecule has 0 spiro atoms. The van der Waals surface area contributed by atoms with Gasteiger partial charge in [-0.2, -0.15) is 0 Å². The highest BCUT2D eigenvalue weighted by Crippen LogP contribution is 2.27. The minimum atomic E-state index is 0.686. The number of nitrogens with one attached hydrogen (secondary N) is 1. The van der Waals surface area contributed by atoms with Crippen LogP contribution in [0.25, 0.3) is 0 Å². The number of aromatic nitrogens is 1. The number of piperazine rings is 1. The van der Waals surface area contributed by atoms with Gasteiger partial charge in [-0.3, -0.25) is 4.90 Å². The van der Waals surface area contributed by atoms with Crippen LogP contribution >= 0.6 is 0 Å². The van der Waals surface area contributed by atoms with Crippen molar-refractivity contribution in [1.82, 2.24) is 15.4 Å². The fourth-order valence-corrected chi connectivity index (χ4v) is 3.39. The van der Waals surface area contributed by atoms with Gasteiger partial charge in [0.2, 0.25) is 0 Å². The minimum Gasteiger partial charge on any atom is -0.364 e. The van der Waals surface area contributed by atoms with E-state index in [1.54, 1.807) is 6.26 Å². The molecule has 18 heavy (non-hydrogen) atoms. The van der Waals surface area contributed by atoms with Gasteiger partial charge in [0.25, 0.3) is 0 Å². The van der Waals surface area contributed by atoms with Crippen molar-refractivity contribution in [2.75, 3.05) is 19.6 Å². The molecular formula is C14H23N3O. The molecule has 1 unspecified atom stereocenters. The van der Waals surface area contributed by atoms with Crippen LogP contribution in [0.1, 0.15) is 37.8 Å². The van der Waals surface area contributed by atoms with Gasteiger partial charge < -0.3 is 9.84 Å². The normalized spacial score (nSPS) is 27.4. The fraction of sp³-hybridized carbons (Fsp3) is 0.786. The van der Waals surface area contributed by atoms with E-state index in [1.165, 1.54) is 32.1 Å². The maximum absolute atomic E-state index is 4.91. The van der Waals surface area contributed by atoms with Crippen LogP contribution in [-0.2, 0) is 6.54 Å². The maximum Gasteiger partial charge on any atom is 0.124 e. The smallest absolute Gasteiger partial charge is 0.124 e. The van der Waals surface area contributed by atoms with Gasteiger partial charge in [0.05, 0.1) is 5.69 Å². The first-order valence-corrected chi connectivity index (χ1v) is 7.27. The van der Waals surface area contributed by atoms with Gasteiger partial charge in [0.15, 0.2) is 0 Å². The molecule has 2 aliphatic rings. The largest absolute Gasteiger partial charge is 0.364 e. The molecule has 2 fully saturated rings. The zero-order valence-electron chi connectivity index (χ0n) is 11.0. The molecule has 1 aromatic heterocycles. The van der Waals surface area contributed by atoms with Gasteiger partial charge in [-0.1, -0.05) is 24.4 Å². The molecule has 4 nitrogen and oxygen atoms in total. The van der Waals surface area contributed by atoms with Crippen molar-refractivity contribution < 1.29 is 4.52 Å². The van der Waals surface area contributed by atoms with Crippen LogP contribution in [0.5, 0.6) is 0 Å². The molecule has 0 radical (unpaired) electrons. The summed E-state index contributed by atoms with van der Waals surface area (Å²) in [6.07, 6.45) is 8.77. The summed E-state index contributed by atoms with van der Waals surface area (Å²) in [7, 11) is 0. The van der Waals surface area contributed by atoms with Gasteiger partial charge in [0.1, 0.15) is 6.26 Å². The van der Waals surface area contributed by atoms with E-state index in [2.05, 4.69) is 15.4 Å². The lowest BCUT2D eigenvalue weighted by Gasteiger charge is -2.39. The highest BCUT2D eigenvalue weighted by atomic mass is 16.5. The average Bonchev–Trinajstić information content (AvgIpc) is 2.93. The van der Waals surface area contributed by atoms with Crippen LogP contribution in [0.2, 0.25) is 0 Å². The molecule has 1 saturated heterocycles. The van der Waals surface area contributed by atoms with E-state index in [9.17, 15) is 0 Å². The summed E-state index contributed by atoms with van der Waals surface area (Å²) in [5.41, 5.74) is 1.05. The van der Waals surface area contributed by atoms with E-state index in [0.29, 0.717) is 6.04 Å². The molecule has 100 valence electrons. The molecule has 1 N–H and O–H groups in total. The second kappa shape index (κ2) is 5.85. The zero-order valence-corrected chi connectivity index (χ0v) is 11.0. The molecule has 4 heteroatoms. The first-order chi connectivity index (χ1) is 8.92. The summed E-state index contributed by atoms with van der Waals surface area (Å²) in [5, 5.41) is 7.72. The van der Waals surface area contributed by atoms with Crippen molar-refractivity contribution in [1.29, 1.82) is 0 Å². The van der Waals surface area contributed by atoms with Crippen LogP contribution in [0, 0.1) is 5.92 Å². The van der Waals surface area contributed by atoms with Gasteiger partial charge in [-0.15, -0.1) is 0 Å². The van der Waals surface area contributed by atoms with Crippen molar-refractivity contribution in [3.05, 3.63) is 18.0 Å². The molecule has 0 aromatic carbocycles. The average molecular weight is 249 g/mol. The predicted molar refractivity (Wildman–Crippen MR) is 70.1 cm³/mol. The second-order valence-electron chi connectivity index (χ2n) is 5.68. The highest BCUT2D eigenvalue weighted by Gasteiger charge is 2.28.